The molecular weight excluding hydrogens is 278 g/mol. The van der Waals surface area contributed by atoms with Crippen LogP contribution in [-0.2, 0) is 16.6 Å². The van der Waals surface area contributed by atoms with E-state index in [1.54, 1.807) is 6.07 Å². The largest absolute Gasteiger partial charge is 0.399 e. The molecular formula is C10H10ClN3O3S. The second kappa shape index (κ2) is 4.97. The van der Waals surface area contributed by atoms with E-state index >= 15 is 0 Å². The number of sulfonamides is 1. The highest BCUT2D eigenvalue weighted by atomic mass is 35.5. The average Bonchev–Trinajstić information content (AvgIpc) is 2.78. The molecule has 96 valence electrons. The van der Waals surface area contributed by atoms with Crippen molar-refractivity contribution in [3.8, 4) is 0 Å². The van der Waals surface area contributed by atoms with E-state index in [1.807, 2.05) is 0 Å². The Morgan fingerprint density at radius 2 is 2.17 bits per heavy atom. The van der Waals surface area contributed by atoms with E-state index in [0.717, 1.165) is 0 Å². The summed E-state index contributed by atoms with van der Waals surface area (Å²) in [5.41, 5.74) is 5.90. The van der Waals surface area contributed by atoms with E-state index < -0.39 is 10.0 Å². The Hall–Kier alpha value is -1.57. The number of nitrogen functional groups attached to an aromatic ring is 1. The predicted molar refractivity (Wildman–Crippen MR) is 66.4 cm³/mol. The van der Waals surface area contributed by atoms with Gasteiger partial charge < -0.3 is 10.3 Å². The lowest BCUT2D eigenvalue weighted by Crippen LogP contribution is -2.23. The molecule has 0 amide bonds. The molecule has 8 heteroatoms. The molecule has 0 aliphatic rings. The minimum Gasteiger partial charge on any atom is -0.399 e. The maximum Gasteiger partial charge on any atom is 0.242 e. The highest BCUT2D eigenvalue weighted by molar-refractivity contribution is 7.89. The Kier molecular flexibility index (Phi) is 3.55. The van der Waals surface area contributed by atoms with Crippen LogP contribution in [0.2, 0.25) is 5.02 Å². The number of rotatable bonds is 4. The maximum atomic E-state index is 12.0. The smallest absolute Gasteiger partial charge is 0.242 e. The minimum absolute atomic E-state index is 0.00301. The van der Waals surface area contributed by atoms with Crippen molar-refractivity contribution in [3.63, 3.8) is 0 Å². The topological polar surface area (TPSA) is 98.2 Å². The summed E-state index contributed by atoms with van der Waals surface area (Å²) in [7, 11) is -3.71. The van der Waals surface area contributed by atoms with Gasteiger partial charge in [-0.15, -0.1) is 0 Å². The van der Waals surface area contributed by atoms with E-state index in [1.165, 1.54) is 24.4 Å². The molecule has 0 aliphatic carbocycles. The summed E-state index contributed by atoms with van der Waals surface area (Å²) in [6, 6.07) is 5.76. The van der Waals surface area contributed by atoms with Crippen LogP contribution in [0.4, 0.5) is 5.69 Å². The van der Waals surface area contributed by atoms with Crippen LogP contribution in [0.3, 0.4) is 0 Å². The Balaban J connectivity index is 2.20. The first-order chi connectivity index (χ1) is 8.49. The second-order valence-electron chi connectivity index (χ2n) is 3.49. The summed E-state index contributed by atoms with van der Waals surface area (Å²) in [5, 5.41) is 3.54. The van der Waals surface area contributed by atoms with Crippen molar-refractivity contribution in [3.05, 3.63) is 41.2 Å². The molecule has 0 unspecified atom stereocenters. The lowest BCUT2D eigenvalue weighted by atomic mass is 10.3. The van der Waals surface area contributed by atoms with Crippen LogP contribution in [0.25, 0.3) is 0 Å². The van der Waals surface area contributed by atoms with Crippen LogP contribution in [0.5, 0.6) is 0 Å². The third-order valence-electron chi connectivity index (χ3n) is 2.17. The number of halogens is 1. The molecule has 1 aromatic heterocycles. The van der Waals surface area contributed by atoms with Gasteiger partial charge in [0.1, 0.15) is 4.90 Å². The summed E-state index contributed by atoms with van der Waals surface area (Å²) >= 11 is 5.84. The number of hydrogen-bond acceptors (Lipinski definition) is 5. The van der Waals surface area contributed by atoms with Crippen LogP contribution in [-0.4, -0.2) is 13.6 Å². The van der Waals surface area contributed by atoms with Gasteiger partial charge in [0.25, 0.3) is 0 Å². The van der Waals surface area contributed by atoms with Crippen LogP contribution >= 0.6 is 11.6 Å². The number of nitrogens with zero attached hydrogens (tertiary/aromatic N) is 1. The molecule has 0 radical (unpaired) electrons. The van der Waals surface area contributed by atoms with Crippen molar-refractivity contribution < 1.29 is 12.9 Å². The molecule has 3 N–H and O–H groups in total. The third-order valence-corrected chi connectivity index (χ3v) is 4.06. The number of nitrogens with two attached hydrogens (primary N) is 1. The zero-order valence-electron chi connectivity index (χ0n) is 9.13. The molecule has 0 fully saturated rings. The number of hydrogen-bond donors (Lipinski definition) is 2. The normalized spacial score (nSPS) is 11.6. The van der Waals surface area contributed by atoms with Gasteiger partial charge in [-0.25, -0.2) is 13.1 Å². The van der Waals surface area contributed by atoms with Gasteiger partial charge in [-0.3, -0.25) is 0 Å². The summed E-state index contributed by atoms with van der Waals surface area (Å²) in [5.74, 6) is 0.408. The van der Waals surface area contributed by atoms with Gasteiger partial charge in [-0.1, -0.05) is 16.8 Å². The molecule has 1 heterocycles. The van der Waals surface area contributed by atoms with Gasteiger partial charge in [-0.05, 0) is 18.2 Å². The summed E-state index contributed by atoms with van der Waals surface area (Å²) in [6.45, 7) is 0.00301. The van der Waals surface area contributed by atoms with Gasteiger partial charge in [0.15, 0.2) is 5.76 Å². The third kappa shape index (κ3) is 2.81. The average molecular weight is 288 g/mol. The van der Waals surface area contributed by atoms with Crippen LogP contribution in [0.1, 0.15) is 5.76 Å². The molecule has 18 heavy (non-hydrogen) atoms. The fourth-order valence-corrected chi connectivity index (χ4v) is 2.86. The molecule has 2 aromatic rings. The molecule has 0 spiro atoms. The van der Waals surface area contributed by atoms with Gasteiger partial charge >= 0.3 is 0 Å². The molecule has 0 bridgehead atoms. The molecule has 1 aromatic carbocycles. The monoisotopic (exact) mass is 287 g/mol. The molecule has 0 atom stereocenters. The Bertz CT molecular complexity index is 640. The van der Waals surface area contributed by atoms with Gasteiger partial charge in [-0.2, -0.15) is 0 Å². The molecule has 0 saturated carbocycles. The van der Waals surface area contributed by atoms with Crippen LogP contribution in [0.15, 0.2) is 39.9 Å². The van der Waals surface area contributed by atoms with Gasteiger partial charge in [0, 0.05) is 11.8 Å². The summed E-state index contributed by atoms with van der Waals surface area (Å²) in [6.07, 6.45) is 1.43. The van der Waals surface area contributed by atoms with Crippen molar-refractivity contribution in [2.75, 3.05) is 5.73 Å². The van der Waals surface area contributed by atoms with E-state index in [-0.39, 0.29) is 16.5 Å². The van der Waals surface area contributed by atoms with Crippen molar-refractivity contribution in [2.45, 2.75) is 11.4 Å². The maximum absolute atomic E-state index is 12.0. The lowest BCUT2D eigenvalue weighted by Gasteiger charge is -2.07. The Morgan fingerprint density at radius 3 is 2.78 bits per heavy atom. The van der Waals surface area contributed by atoms with Crippen molar-refractivity contribution >= 4 is 27.3 Å². The minimum atomic E-state index is -3.71. The quantitative estimate of drug-likeness (QED) is 0.828. The lowest BCUT2D eigenvalue weighted by molar-refractivity contribution is 0.380. The Morgan fingerprint density at radius 1 is 1.39 bits per heavy atom. The first-order valence-electron chi connectivity index (χ1n) is 4.93. The molecule has 0 saturated heterocycles. The fourth-order valence-electron chi connectivity index (χ4n) is 1.31. The van der Waals surface area contributed by atoms with Gasteiger partial charge in [0.2, 0.25) is 10.0 Å². The van der Waals surface area contributed by atoms with Crippen molar-refractivity contribution in [1.29, 1.82) is 0 Å². The van der Waals surface area contributed by atoms with E-state index in [9.17, 15) is 8.42 Å². The molecule has 0 aliphatic heterocycles. The molecule has 2 rings (SSSR count). The Labute approximate surface area is 109 Å². The number of benzene rings is 1. The van der Waals surface area contributed by atoms with Crippen molar-refractivity contribution in [1.82, 2.24) is 9.88 Å². The van der Waals surface area contributed by atoms with E-state index in [2.05, 4.69) is 9.88 Å². The SMILES string of the molecule is Nc1ccc(S(=O)(=O)NCc2ccno2)c(Cl)c1. The predicted octanol–water partition coefficient (Wildman–Crippen LogP) is 1.39. The van der Waals surface area contributed by atoms with E-state index in [0.29, 0.717) is 11.4 Å². The fraction of sp³-hybridized carbons (Fsp3) is 0.100. The first kappa shape index (κ1) is 12.9. The summed E-state index contributed by atoms with van der Waals surface area (Å²) in [4.78, 5) is -0.0297. The van der Waals surface area contributed by atoms with Gasteiger partial charge in [0.05, 0.1) is 17.8 Å². The number of aromatic nitrogens is 1. The van der Waals surface area contributed by atoms with Crippen LogP contribution < -0.4 is 10.5 Å². The first-order valence-corrected chi connectivity index (χ1v) is 6.79. The van der Waals surface area contributed by atoms with E-state index in [4.69, 9.17) is 21.9 Å². The second-order valence-corrected chi connectivity index (χ2v) is 5.64. The zero-order chi connectivity index (χ0) is 13.2. The zero-order valence-corrected chi connectivity index (χ0v) is 10.7. The molecule has 6 nitrogen and oxygen atoms in total. The highest BCUT2D eigenvalue weighted by Crippen LogP contribution is 2.23. The standard InChI is InChI=1S/C10H10ClN3O3S/c11-9-5-7(12)1-2-10(9)18(15,16)14-6-8-3-4-13-17-8/h1-5,14H,6,12H2. The number of anilines is 1. The van der Waals surface area contributed by atoms with Crippen LogP contribution in [0, 0.1) is 0 Å². The summed E-state index contributed by atoms with van der Waals surface area (Å²) < 4.78 is 31.1. The number of nitrogens with one attached hydrogen (secondary N) is 1. The van der Waals surface area contributed by atoms with Crippen molar-refractivity contribution in [2.24, 2.45) is 0 Å². The highest BCUT2D eigenvalue weighted by Gasteiger charge is 2.18.